The number of imidazole rings is 1. The van der Waals surface area contributed by atoms with Crippen LogP contribution in [0, 0.1) is 0 Å². The molecule has 8 heteroatoms. The SMILES string of the molecule is COc1ccccc1-n1c(SCc2nccn2Cc2ccccc2)nnc1N1CCCCC1. The lowest BCUT2D eigenvalue weighted by Crippen LogP contribution is -2.31. The van der Waals surface area contributed by atoms with Gasteiger partial charge in [-0.05, 0) is 37.0 Å². The smallest absolute Gasteiger partial charge is 0.232 e. The lowest BCUT2D eigenvalue weighted by Gasteiger charge is -2.28. The highest BCUT2D eigenvalue weighted by Crippen LogP contribution is 2.33. The van der Waals surface area contributed by atoms with Gasteiger partial charge in [0, 0.05) is 32.0 Å². The fourth-order valence-electron chi connectivity index (χ4n) is 4.21. The Morgan fingerprint density at radius 2 is 1.73 bits per heavy atom. The van der Waals surface area contributed by atoms with Gasteiger partial charge in [-0.3, -0.25) is 4.57 Å². The maximum absolute atomic E-state index is 5.68. The Bertz CT molecular complexity index is 1180. The minimum atomic E-state index is 0.702. The number of hydrogen-bond acceptors (Lipinski definition) is 6. The summed E-state index contributed by atoms with van der Waals surface area (Å²) in [6, 6.07) is 18.5. The molecular weight excluding hydrogens is 432 g/mol. The standard InChI is InChI=1S/C25H28N6OS/c1-32-22-13-7-6-12-21(22)31-24(29-15-8-3-9-16-29)27-28-25(31)33-19-23-26-14-17-30(23)18-20-10-4-2-5-11-20/h2,4-7,10-14,17H,3,8-9,15-16,18-19H2,1H3. The van der Waals surface area contributed by atoms with Crippen LogP contribution in [0.3, 0.4) is 0 Å². The number of ether oxygens (including phenoxy) is 1. The molecule has 1 aliphatic heterocycles. The topological polar surface area (TPSA) is 61.0 Å². The largest absolute Gasteiger partial charge is 0.495 e. The quantitative estimate of drug-likeness (QED) is 0.352. The fraction of sp³-hybridized carbons (Fsp3) is 0.320. The Kier molecular flexibility index (Phi) is 6.62. The zero-order valence-corrected chi connectivity index (χ0v) is 19.6. The number of methoxy groups -OCH3 is 1. The third-order valence-electron chi connectivity index (χ3n) is 5.91. The predicted molar refractivity (Wildman–Crippen MR) is 131 cm³/mol. The highest BCUT2D eigenvalue weighted by molar-refractivity contribution is 7.98. The van der Waals surface area contributed by atoms with Crippen molar-refractivity contribution in [3.8, 4) is 11.4 Å². The van der Waals surface area contributed by atoms with Crippen LogP contribution in [0.15, 0.2) is 72.1 Å². The van der Waals surface area contributed by atoms with E-state index in [2.05, 4.69) is 59.5 Å². The van der Waals surface area contributed by atoms with Gasteiger partial charge >= 0.3 is 0 Å². The molecule has 33 heavy (non-hydrogen) atoms. The summed E-state index contributed by atoms with van der Waals surface area (Å²) in [7, 11) is 1.71. The summed E-state index contributed by atoms with van der Waals surface area (Å²) >= 11 is 1.65. The van der Waals surface area contributed by atoms with E-state index < -0.39 is 0 Å². The molecule has 1 saturated heterocycles. The van der Waals surface area contributed by atoms with Crippen LogP contribution in [0.1, 0.15) is 30.7 Å². The molecule has 3 heterocycles. The van der Waals surface area contributed by atoms with E-state index in [4.69, 9.17) is 4.74 Å². The van der Waals surface area contributed by atoms with Gasteiger partial charge in [-0.2, -0.15) is 0 Å². The summed E-state index contributed by atoms with van der Waals surface area (Å²) in [5, 5.41) is 10.1. The molecule has 0 saturated carbocycles. The maximum atomic E-state index is 5.68. The molecule has 2 aromatic carbocycles. The van der Waals surface area contributed by atoms with Crippen LogP contribution >= 0.6 is 11.8 Å². The van der Waals surface area contributed by atoms with E-state index in [-0.39, 0.29) is 0 Å². The van der Waals surface area contributed by atoms with Gasteiger partial charge < -0.3 is 14.2 Å². The maximum Gasteiger partial charge on any atom is 0.232 e. The molecule has 0 N–H and O–H groups in total. The number of rotatable bonds is 8. The van der Waals surface area contributed by atoms with Gasteiger partial charge in [0.1, 0.15) is 11.6 Å². The number of benzene rings is 2. The average Bonchev–Trinajstić information content (AvgIpc) is 3.50. The first-order valence-electron chi connectivity index (χ1n) is 11.3. The van der Waals surface area contributed by atoms with E-state index in [1.54, 1.807) is 18.9 Å². The van der Waals surface area contributed by atoms with Gasteiger partial charge in [-0.1, -0.05) is 54.2 Å². The van der Waals surface area contributed by atoms with Crippen molar-refractivity contribution in [3.05, 3.63) is 78.4 Å². The molecule has 4 aromatic rings. The Morgan fingerprint density at radius 1 is 0.939 bits per heavy atom. The Hall–Kier alpha value is -3.26. The second-order valence-corrected chi connectivity index (χ2v) is 9.03. The molecule has 170 valence electrons. The van der Waals surface area contributed by atoms with Crippen molar-refractivity contribution in [2.24, 2.45) is 0 Å². The number of thioether (sulfide) groups is 1. The Labute approximate surface area is 198 Å². The normalized spacial score (nSPS) is 13.9. The van der Waals surface area contributed by atoms with Gasteiger partial charge in [-0.25, -0.2) is 4.98 Å². The van der Waals surface area contributed by atoms with E-state index in [0.717, 1.165) is 48.0 Å². The summed E-state index contributed by atoms with van der Waals surface area (Å²) in [6.45, 7) is 2.80. The van der Waals surface area contributed by atoms with Crippen molar-refractivity contribution in [3.63, 3.8) is 0 Å². The number of nitrogens with zero attached hydrogens (tertiary/aromatic N) is 6. The summed E-state index contributed by atoms with van der Waals surface area (Å²) in [5.74, 6) is 3.41. The van der Waals surface area contributed by atoms with Crippen LogP contribution in [-0.2, 0) is 12.3 Å². The zero-order chi connectivity index (χ0) is 22.5. The third kappa shape index (κ3) is 4.75. The third-order valence-corrected chi connectivity index (χ3v) is 6.83. The van der Waals surface area contributed by atoms with Crippen molar-refractivity contribution in [2.75, 3.05) is 25.1 Å². The number of aromatic nitrogens is 5. The molecule has 0 spiro atoms. The Morgan fingerprint density at radius 3 is 2.55 bits per heavy atom. The number of para-hydroxylation sites is 2. The van der Waals surface area contributed by atoms with Gasteiger partial charge in [-0.15, -0.1) is 10.2 Å². The first kappa shape index (κ1) is 21.6. The van der Waals surface area contributed by atoms with Crippen LogP contribution in [0.4, 0.5) is 5.95 Å². The first-order valence-corrected chi connectivity index (χ1v) is 12.3. The second-order valence-electron chi connectivity index (χ2n) is 8.08. The summed E-state index contributed by atoms with van der Waals surface area (Å²) < 4.78 is 10.0. The molecule has 0 amide bonds. The van der Waals surface area contributed by atoms with Crippen LogP contribution in [-0.4, -0.2) is 44.5 Å². The van der Waals surface area contributed by atoms with Crippen LogP contribution in [0.2, 0.25) is 0 Å². The summed E-state index contributed by atoms with van der Waals surface area (Å²) in [6.07, 6.45) is 7.53. The van der Waals surface area contributed by atoms with Crippen LogP contribution < -0.4 is 9.64 Å². The molecule has 0 aliphatic carbocycles. The highest BCUT2D eigenvalue weighted by atomic mass is 32.2. The lowest BCUT2D eigenvalue weighted by atomic mass is 10.1. The average molecular weight is 461 g/mol. The molecule has 5 rings (SSSR count). The molecule has 0 unspecified atom stereocenters. The number of hydrogen-bond donors (Lipinski definition) is 0. The minimum absolute atomic E-state index is 0.702. The predicted octanol–water partition coefficient (Wildman–Crippen LogP) is 4.80. The molecule has 1 aliphatic rings. The van der Waals surface area contributed by atoms with E-state index in [1.807, 2.05) is 36.7 Å². The van der Waals surface area contributed by atoms with Crippen LogP contribution in [0.5, 0.6) is 5.75 Å². The molecular formula is C25H28N6OS. The van der Waals surface area contributed by atoms with E-state index in [9.17, 15) is 0 Å². The number of piperidine rings is 1. The van der Waals surface area contributed by atoms with Crippen molar-refractivity contribution in [1.82, 2.24) is 24.3 Å². The van der Waals surface area contributed by atoms with Gasteiger partial charge in [0.2, 0.25) is 5.95 Å². The van der Waals surface area contributed by atoms with Gasteiger partial charge in [0.15, 0.2) is 5.16 Å². The molecule has 0 radical (unpaired) electrons. The fourth-order valence-corrected chi connectivity index (χ4v) is 5.12. The van der Waals surface area contributed by atoms with Crippen molar-refractivity contribution >= 4 is 17.7 Å². The molecule has 2 aromatic heterocycles. The van der Waals surface area contributed by atoms with E-state index in [0.29, 0.717) is 5.75 Å². The monoisotopic (exact) mass is 460 g/mol. The van der Waals surface area contributed by atoms with Crippen molar-refractivity contribution in [1.29, 1.82) is 0 Å². The molecule has 0 atom stereocenters. The second kappa shape index (κ2) is 10.1. The molecule has 0 bridgehead atoms. The Balaban J connectivity index is 1.43. The zero-order valence-electron chi connectivity index (χ0n) is 18.8. The number of anilines is 1. The van der Waals surface area contributed by atoms with Crippen molar-refractivity contribution < 1.29 is 4.74 Å². The summed E-state index contributed by atoms with van der Waals surface area (Å²) in [4.78, 5) is 6.95. The molecule has 7 nitrogen and oxygen atoms in total. The van der Waals surface area contributed by atoms with Crippen LogP contribution in [0.25, 0.3) is 5.69 Å². The van der Waals surface area contributed by atoms with Crippen molar-refractivity contribution in [2.45, 2.75) is 36.7 Å². The molecule has 1 fully saturated rings. The van der Waals surface area contributed by atoms with Gasteiger partial charge in [0.25, 0.3) is 0 Å². The van der Waals surface area contributed by atoms with E-state index in [1.165, 1.54) is 24.8 Å². The first-order chi connectivity index (χ1) is 16.3. The lowest BCUT2D eigenvalue weighted by molar-refractivity contribution is 0.412. The highest BCUT2D eigenvalue weighted by Gasteiger charge is 2.23. The van der Waals surface area contributed by atoms with E-state index >= 15 is 0 Å². The van der Waals surface area contributed by atoms with Gasteiger partial charge in [0.05, 0.1) is 18.6 Å². The summed E-state index contributed by atoms with van der Waals surface area (Å²) in [5.41, 5.74) is 2.21. The minimum Gasteiger partial charge on any atom is -0.495 e.